The van der Waals surface area contributed by atoms with Crippen molar-refractivity contribution in [2.24, 2.45) is 11.8 Å². The third-order valence-corrected chi connectivity index (χ3v) is 5.83. The summed E-state index contributed by atoms with van der Waals surface area (Å²) in [5.74, 6) is 1.79. The van der Waals surface area contributed by atoms with Crippen LogP contribution in [0.4, 0.5) is 0 Å². The quantitative estimate of drug-likeness (QED) is 0.903. The fraction of sp³-hybridized carbons (Fsp3) is 0.667. The molecule has 1 N–H and O–H groups in total. The van der Waals surface area contributed by atoms with Gasteiger partial charge in [0.1, 0.15) is 0 Å². The number of likely N-dealkylation sites (tertiary alicyclic amines) is 1. The van der Waals surface area contributed by atoms with Gasteiger partial charge in [-0.25, -0.2) is 0 Å². The zero-order valence-electron chi connectivity index (χ0n) is 9.45. The van der Waals surface area contributed by atoms with E-state index in [2.05, 4.69) is 44.5 Å². The molecule has 0 aromatic carbocycles. The molecule has 1 aromatic heterocycles. The summed E-state index contributed by atoms with van der Waals surface area (Å²) in [7, 11) is 0. The number of fused-ring (bicyclic) bond motifs is 1. The number of thiophene rings is 1. The molecule has 2 aliphatic rings. The Bertz CT molecular complexity index is 367. The van der Waals surface area contributed by atoms with Crippen LogP contribution in [-0.4, -0.2) is 31.1 Å². The van der Waals surface area contributed by atoms with Gasteiger partial charge in [0.2, 0.25) is 0 Å². The van der Waals surface area contributed by atoms with Crippen molar-refractivity contribution in [1.82, 2.24) is 10.2 Å². The van der Waals surface area contributed by atoms with Crippen LogP contribution in [0.2, 0.25) is 0 Å². The second-order valence-corrected chi connectivity index (χ2v) is 6.83. The molecule has 1 aromatic rings. The summed E-state index contributed by atoms with van der Waals surface area (Å²) >= 11 is 5.41. The van der Waals surface area contributed by atoms with Gasteiger partial charge in [0.15, 0.2) is 0 Å². The van der Waals surface area contributed by atoms with Crippen LogP contribution in [0.1, 0.15) is 17.8 Å². The highest BCUT2D eigenvalue weighted by molar-refractivity contribution is 9.10. The van der Waals surface area contributed by atoms with Gasteiger partial charge in [0, 0.05) is 33.9 Å². The molecule has 0 radical (unpaired) electrons. The van der Waals surface area contributed by atoms with E-state index in [4.69, 9.17) is 0 Å². The fourth-order valence-corrected chi connectivity index (χ4v) is 4.47. The summed E-state index contributed by atoms with van der Waals surface area (Å²) in [6.45, 7) is 7.33. The van der Waals surface area contributed by atoms with Gasteiger partial charge in [-0.05, 0) is 53.8 Å². The summed E-state index contributed by atoms with van der Waals surface area (Å²) in [5.41, 5.74) is 0. The number of hydrogen-bond acceptors (Lipinski definition) is 3. The Balaban J connectivity index is 1.70. The summed E-state index contributed by atoms with van der Waals surface area (Å²) in [4.78, 5) is 4.13. The molecule has 0 amide bonds. The molecule has 3 rings (SSSR count). The van der Waals surface area contributed by atoms with Crippen LogP contribution in [0.15, 0.2) is 15.9 Å². The largest absolute Gasteiger partial charge is 0.316 e. The fourth-order valence-electron chi connectivity index (χ4n) is 2.94. The van der Waals surface area contributed by atoms with Crippen LogP contribution in [0.25, 0.3) is 0 Å². The van der Waals surface area contributed by atoms with Crippen molar-refractivity contribution >= 4 is 27.3 Å². The highest BCUT2D eigenvalue weighted by Gasteiger charge is 2.38. The van der Waals surface area contributed by atoms with E-state index in [1.54, 1.807) is 0 Å². The summed E-state index contributed by atoms with van der Waals surface area (Å²) in [6, 6.07) is 2.85. The Morgan fingerprint density at radius 2 is 2.12 bits per heavy atom. The van der Waals surface area contributed by atoms with E-state index in [1.165, 1.54) is 35.5 Å². The molecular formula is C12H17BrN2S. The molecule has 2 fully saturated rings. The lowest BCUT2D eigenvalue weighted by atomic mass is 10.0. The van der Waals surface area contributed by atoms with Crippen LogP contribution in [0.3, 0.4) is 0 Å². The first-order valence-corrected chi connectivity index (χ1v) is 7.60. The number of hydrogen-bond donors (Lipinski definition) is 1. The first kappa shape index (κ1) is 11.2. The SMILES string of the molecule is CC(c1cc(Br)cs1)N1C[C@H]2CNC[C@H]2C1. The molecule has 3 atom stereocenters. The predicted molar refractivity (Wildman–Crippen MR) is 71.9 cm³/mol. The first-order valence-electron chi connectivity index (χ1n) is 5.92. The maximum atomic E-state index is 3.54. The molecule has 2 aliphatic heterocycles. The van der Waals surface area contributed by atoms with Crippen LogP contribution in [0, 0.1) is 11.8 Å². The minimum Gasteiger partial charge on any atom is -0.316 e. The van der Waals surface area contributed by atoms with Crippen molar-refractivity contribution in [2.45, 2.75) is 13.0 Å². The highest BCUT2D eigenvalue weighted by Crippen LogP contribution is 2.35. The number of halogens is 1. The van der Waals surface area contributed by atoms with Crippen LogP contribution in [-0.2, 0) is 0 Å². The van der Waals surface area contributed by atoms with E-state index in [1.807, 2.05) is 11.3 Å². The Hall–Kier alpha value is 0.1000. The van der Waals surface area contributed by atoms with Crippen molar-refractivity contribution in [3.8, 4) is 0 Å². The molecule has 88 valence electrons. The minimum absolute atomic E-state index is 0.585. The van der Waals surface area contributed by atoms with E-state index >= 15 is 0 Å². The number of rotatable bonds is 2. The molecule has 0 aliphatic carbocycles. The van der Waals surface area contributed by atoms with E-state index < -0.39 is 0 Å². The average molecular weight is 301 g/mol. The van der Waals surface area contributed by atoms with Gasteiger partial charge in [-0.3, -0.25) is 4.90 Å². The topological polar surface area (TPSA) is 15.3 Å². The normalized spacial score (nSPS) is 31.9. The Labute approximate surface area is 109 Å². The van der Waals surface area contributed by atoms with Crippen LogP contribution in [0.5, 0.6) is 0 Å². The summed E-state index contributed by atoms with van der Waals surface area (Å²) < 4.78 is 1.22. The molecule has 0 saturated carbocycles. The highest BCUT2D eigenvalue weighted by atomic mass is 79.9. The van der Waals surface area contributed by atoms with E-state index in [0.29, 0.717) is 6.04 Å². The summed E-state index contributed by atoms with van der Waals surface area (Å²) in [6.07, 6.45) is 0. The van der Waals surface area contributed by atoms with Crippen molar-refractivity contribution < 1.29 is 0 Å². The smallest absolute Gasteiger partial charge is 0.0413 e. The van der Waals surface area contributed by atoms with Crippen molar-refractivity contribution in [3.05, 3.63) is 20.8 Å². The monoisotopic (exact) mass is 300 g/mol. The molecule has 3 heterocycles. The first-order chi connectivity index (χ1) is 7.74. The lowest BCUT2D eigenvalue weighted by molar-refractivity contribution is 0.247. The van der Waals surface area contributed by atoms with Gasteiger partial charge >= 0.3 is 0 Å². The molecule has 16 heavy (non-hydrogen) atoms. The van der Waals surface area contributed by atoms with Crippen molar-refractivity contribution in [3.63, 3.8) is 0 Å². The van der Waals surface area contributed by atoms with E-state index in [-0.39, 0.29) is 0 Å². The van der Waals surface area contributed by atoms with Gasteiger partial charge in [-0.2, -0.15) is 0 Å². The second-order valence-electron chi connectivity index (χ2n) is 4.98. The molecule has 4 heteroatoms. The maximum absolute atomic E-state index is 3.54. The third kappa shape index (κ3) is 1.96. The molecule has 2 nitrogen and oxygen atoms in total. The molecule has 0 spiro atoms. The third-order valence-electron chi connectivity index (χ3n) is 3.96. The second kappa shape index (κ2) is 4.41. The van der Waals surface area contributed by atoms with Crippen LogP contribution < -0.4 is 5.32 Å². The zero-order valence-corrected chi connectivity index (χ0v) is 11.9. The van der Waals surface area contributed by atoms with Crippen molar-refractivity contribution in [1.29, 1.82) is 0 Å². The predicted octanol–water partition coefficient (Wildman–Crippen LogP) is 2.72. The van der Waals surface area contributed by atoms with Gasteiger partial charge in [0.25, 0.3) is 0 Å². The standard InChI is InChI=1S/C12H17BrN2S/c1-8(12-2-11(13)7-16-12)15-5-9-3-14-4-10(9)6-15/h2,7-10,14H,3-6H2,1H3/t8?,9-,10+. The average Bonchev–Trinajstić information content (AvgIpc) is 2.89. The minimum atomic E-state index is 0.585. The Morgan fingerprint density at radius 1 is 1.44 bits per heavy atom. The van der Waals surface area contributed by atoms with Gasteiger partial charge in [-0.1, -0.05) is 0 Å². The molecule has 0 bridgehead atoms. The van der Waals surface area contributed by atoms with E-state index in [0.717, 1.165) is 11.8 Å². The molecular weight excluding hydrogens is 284 g/mol. The van der Waals surface area contributed by atoms with E-state index in [9.17, 15) is 0 Å². The van der Waals surface area contributed by atoms with Crippen LogP contribution >= 0.6 is 27.3 Å². The van der Waals surface area contributed by atoms with Crippen molar-refractivity contribution in [2.75, 3.05) is 26.2 Å². The lowest BCUT2D eigenvalue weighted by Gasteiger charge is -2.24. The maximum Gasteiger partial charge on any atom is 0.0413 e. The Kier molecular flexibility index (Phi) is 3.09. The molecule has 1 unspecified atom stereocenters. The zero-order chi connectivity index (χ0) is 11.1. The van der Waals surface area contributed by atoms with Gasteiger partial charge < -0.3 is 5.32 Å². The van der Waals surface area contributed by atoms with Gasteiger partial charge in [0.05, 0.1) is 0 Å². The summed E-state index contributed by atoms with van der Waals surface area (Å²) in [5, 5.41) is 5.68. The lowest BCUT2D eigenvalue weighted by Crippen LogP contribution is -2.28. The Morgan fingerprint density at radius 3 is 2.69 bits per heavy atom. The molecule has 2 saturated heterocycles. The number of nitrogens with one attached hydrogen (secondary N) is 1. The van der Waals surface area contributed by atoms with Gasteiger partial charge in [-0.15, -0.1) is 11.3 Å². The number of nitrogens with zero attached hydrogens (tertiary/aromatic N) is 1.